The maximum absolute atomic E-state index is 11.1. The topological polar surface area (TPSA) is 73.0 Å². The van der Waals surface area contributed by atoms with Gasteiger partial charge in [-0.25, -0.2) is 4.68 Å². The van der Waals surface area contributed by atoms with Crippen LogP contribution in [0.4, 0.5) is 11.5 Å². The molecular formula is C12H13BrN4O2. The third-order valence-corrected chi connectivity index (χ3v) is 3.12. The molecule has 0 spiro atoms. The van der Waals surface area contributed by atoms with Gasteiger partial charge in [-0.05, 0) is 28.4 Å². The van der Waals surface area contributed by atoms with Gasteiger partial charge in [-0.15, -0.1) is 0 Å². The lowest BCUT2D eigenvalue weighted by Gasteiger charge is -2.07. The Morgan fingerprint density at radius 3 is 2.68 bits per heavy atom. The molecule has 0 saturated heterocycles. The van der Waals surface area contributed by atoms with E-state index >= 15 is 0 Å². The van der Waals surface area contributed by atoms with Gasteiger partial charge in [-0.1, -0.05) is 30.3 Å². The van der Waals surface area contributed by atoms with Crippen molar-refractivity contribution in [3.8, 4) is 0 Å². The fourth-order valence-corrected chi connectivity index (χ4v) is 2.32. The van der Waals surface area contributed by atoms with Crippen molar-refractivity contribution in [3.05, 3.63) is 50.6 Å². The fourth-order valence-electron chi connectivity index (χ4n) is 1.80. The van der Waals surface area contributed by atoms with Crippen LogP contribution in [0.25, 0.3) is 0 Å². The van der Waals surface area contributed by atoms with Crippen LogP contribution in [0.1, 0.15) is 12.5 Å². The molecule has 19 heavy (non-hydrogen) atoms. The van der Waals surface area contributed by atoms with Crippen molar-refractivity contribution in [2.24, 2.45) is 0 Å². The third kappa shape index (κ3) is 2.93. The number of aromatic nitrogens is 2. The highest BCUT2D eigenvalue weighted by Gasteiger charge is 2.26. The summed E-state index contributed by atoms with van der Waals surface area (Å²) in [5, 5.41) is 18.2. The molecule has 0 aliphatic heterocycles. The first-order chi connectivity index (χ1) is 9.13. The summed E-state index contributed by atoms with van der Waals surface area (Å²) in [5.41, 5.74) is 1.00. The van der Waals surface area contributed by atoms with Crippen molar-refractivity contribution in [2.75, 3.05) is 11.9 Å². The smallest absolute Gasteiger partial charge is 0.345 e. The van der Waals surface area contributed by atoms with Crippen LogP contribution in [0.5, 0.6) is 0 Å². The van der Waals surface area contributed by atoms with Crippen molar-refractivity contribution in [2.45, 2.75) is 13.5 Å². The monoisotopic (exact) mass is 324 g/mol. The summed E-state index contributed by atoms with van der Waals surface area (Å²) in [6.45, 7) is 2.96. The average Bonchev–Trinajstić information content (AvgIpc) is 2.67. The van der Waals surface area contributed by atoms with Gasteiger partial charge in [0.25, 0.3) is 0 Å². The van der Waals surface area contributed by atoms with Crippen molar-refractivity contribution >= 4 is 27.4 Å². The molecule has 0 atom stereocenters. The maximum atomic E-state index is 11.1. The number of hydrogen-bond donors (Lipinski definition) is 1. The summed E-state index contributed by atoms with van der Waals surface area (Å²) in [4.78, 5) is 10.6. The minimum atomic E-state index is -0.434. The SMILES string of the molecule is CCNc1c([N+](=O)[O-])c(Br)nn1Cc1ccccc1. The Labute approximate surface area is 118 Å². The largest absolute Gasteiger partial charge is 0.365 e. The molecule has 1 aromatic carbocycles. The highest BCUT2D eigenvalue weighted by atomic mass is 79.9. The highest BCUT2D eigenvalue weighted by molar-refractivity contribution is 9.10. The number of anilines is 1. The van der Waals surface area contributed by atoms with Gasteiger partial charge >= 0.3 is 5.69 Å². The molecule has 2 rings (SSSR count). The normalized spacial score (nSPS) is 10.4. The fraction of sp³-hybridized carbons (Fsp3) is 0.250. The van der Waals surface area contributed by atoms with Gasteiger partial charge in [0.2, 0.25) is 10.4 Å². The number of benzene rings is 1. The molecule has 0 amide bonds. The molecule has 0 aliphatic rings. The molecule has 1 N–H and O–H groups in total. The Hall–Kier alpha value is -1.89. The Morgan fingerprint density at radius 1 is 1.42 bits per heavy atom. The second-order valence-electron chi connectivity index (χ2n) is 3.92. The number of halogens is 1. The third-order valence-electron chi connectivity index (χ3n) is 2.59. The summed E-state index contributed by atoms with van der Waals surface area (Å²) in [6.07, 6.45) is 0. The Morgan fingerprint density at radius 2 is 2.11 bits per heavy atom. The van der Waals surface area contributed by atoms with Crippen LogP contribution in [0.15, 0.2) is 34.9 Å². The summed E-state index contributed by atoms with van der Waals surface area (Å²) >= 11 is 3.14. The predicted octanol–water partition coefficient (Wildman–Crippen LogP) is 3.03. The molecule has 0 unspecified atom stereocenters. The maximum Gasteiger partial charge on any atom is 0.345 e. The molecule has 1 aromatic heterocycles. The van der Waals surface area contributed by atoms with Crippen molar-refractivity contribution < 1.29 is 4.92 Å². The van der Waals surface area contributed by atoms with Gasteiger partial charge in [-0.3, -0.25) is 10.1 Å². The van der Waals surface area contributed by atoms with Gasteiger partial charge < -0.3 is 5.32 Å². The molecular weight excluding hydrogens is 312 g/mol. The van der Waals surface area contributed by atoms with Crippen LogP contribution in [-0.2, 0) is 6.54 Å². The molecule has 2 aromatic rings. The van der Waals surface area contributed by atoms with Crippen molar-refractivity contribution in [1.29, 1.82) is 0 Å². The number of nitrogens with zero attached hydrogens (tertiary/aromatic N) is 3. The van der Waals surface area contributed by atoms with E-state index in [0.717, 1.165) is 5.56 Å². The first-order valence-corrected chi connectivity index (χ1v) is 6.61. The van der Waals surface area contributed by atoms with Gasteiger partial charge in [-0.2, -0.15) is 5.10 Å². The van der Waals surface area contributed by atoms with Gasteiger partial charge in [0.1, 0.15) is 0 Å². The Bertz CT molecular complexity index is 583. The minimum Gasteiger partial charge on any atom is -0.365 e. The van der Waals surface area contributed by atoms with Crippen LogP contribution >= 0.6 is 15.9 Å². The number of rotatable bonds is 5. The lowest BCUT2D eigenvalue weighted by molar-refractivity contribution is -0.384. The zero-order valence-corrected chi connectivity index (χ0v) is 11.9. The molecule has 0 radical (unpaired) electrons. The van der Waals surface area contributed by atoms with Crippen LogP contribution in [0, 0.1) is 10.1 Å². The van der Waals surface area contributed by atoms with E-state index in [2.05, 4.69) is 26.3 Å². The molecule has 100 valence electrons. The molecule has 0 aliphatic carbocycles. The second kappa shape index (κ2) is 5.83. The minimum absolute atomic E-state index is 0.0298. The van der Waals surface area contributed by atoms with E-state index in [1.807, 2.05) is 37.3 Å². The highest BCUT2D eigenvalue weighted by Crippen LogP contribution is 2.32. The van der Waals surface area contributed by atoms with Gasteiger partial charge in [0.15, 0.2) is 0 Å². The summed E-state index contributed by atoms with van der Waals surface area (Å²) < 4.78 is 1.84. The van der Waals surface area contributed by atoms with Crippen LogP contribution in [0.2, 0.25) is 0 Å². The molecule has 0 saturated carbocycles. The van der Waals surface area contributed by atoms with Gasteiger partial charge in [0, 0.05) is 6.54 Å². The Balaban J connectivity index is 2.40. The molecule has 0 bridgehead atoms. The van der Waals surface area contributed by atoms with E-state index in [-0.39, 0.29) is 10.3 Å². The van der Waals surface area contributed by atoms with E-state index in [1.54, 1.807) is 4.68 Å². The van der Waals surface area contributed by atoms with Crippen LogP contribution in [-0.4, -0.2) is 21.2 Å². The molecule has 0 fully saturated rings. The van der Waals surface area contributed by atoms with E-state index in [4.69, 9.17) is 0 Å². The average molecular weight is 325 g/mol. The molecule has 6 nitrogen and oxygen atoms in total. The molecule has 1 heterocycles. The summed E-state index contributed by atoms with van der Waals surface area (Å²) in [7, 11) is 0. The second-order valence-corrected chi connectivity index (χ2v) is 4.67. The standard InChI is InChI=1S/C12H13BrN4O2/c1-2-14-12-10(17(18)19)11(13)15-16(12)8-9-6-4-3-5-7-9/h3-7,14H,2,8H2,1H3. The first-order valence-electron chi connectivity index (χ1n) is 5.82. The van der Waals surface area contributed by atoms with Crippen molar-refractivity contribution in [1.82, 2.24) is 9.78 Å². The Kier molecular flexibility index (Phi) is 4.16. The zero-order chi connectivity index (χ0) is 13.8. The van der Waals surface area contributed by atoms with E-state index in [9.17, 15) is 10.1 Å². The number of nitro groups is 1. The lowest BCUT2D eigenvalue weighted by Crippen LogP contribution is -2.09. The van der Waals surface area contributed by atoms with E-state index in [0.29, 0.717) is 18.9 Å². The predicted molar refractivity (Wildman–Crippen MR) is 76.3 cm³/mol. The quantitative estimate of drug-likeness (QED) is 0.677. The van der Waals surface area contributed by atoms with Gasteiger partial charge in [0.05, 0.1) is 11.5 Å². The number of hydrogen-bond acceptors (Lipinski definition) is 4. The van der Waals surface area contributed by atoms with E-state index < -0.39 is 4.92 Å². The zero-order valence-electron chi connectivity index (χ0n) is 10.3. The molecule has 7 heteroatoms. The van der Waals surface area contributed by atoms with Crippen LogP contribution in [0.3, 0.4) is 0 Å². The first kappa shape index (κ1) is 13.5. The van der Waals surface area contributed by atoms with E-state index in [1.165, 1.54) is 0 Å². The van der Waals surface area contributed by atoms with Crippen molar-refractivity contribution in [3.63, 3.8) is 0 Å². The van der Waals surface area contributed by atoms with Crippen LogP contribution < -0.4 is 5.32 Å². The lowest BCUT2D eigenvalue weighted by atomic mass is 10.2. The summed E-state index contributed by atoms with van der Waals surface area (Å²) in [5.74, 6) is 0.420. The summed E-state index contributed by atoms with van der Waals surface area (Å²) in [6, 6.07) is 9.69. The number of nitrogens with one attached hydrogen (secondary N) is 1.